The Bertz CT molecular complexity index is 684. The summed E-state index contributed by atoms with van der Waals surface area (Å²) < 4.78 is 0. The first-order chi connectivity index (χ1) is 10.1. The maximum Gasteiger partial charge on any atom is 0.224 e. The molecule has 4 nitrogen and oxygen atoms in total. The first kappa shape index (κ1) is 14.6. The van der Waals surface area contributed by atoms with E-state index in [4.69, 9.17) is 11.0 Å². The molecule has 2 aromatic rings. The van der Waals surface area contributed by atoms with Crippen molar-refractivity contribution in [1.29, 1.82) is 5.26 Å². The van der Waals surface area contributed by atoms with Gasteiger partial charge < -0.3 is 11.1 Å². The lowest BCUT2D eigenvalue weighted by atomic mass is 10.1. The molecule has 0 saturated heterocycles. The topological polar surface area (TPSA) is 78.9 Å². The number of hydrogen-bond donors (Lipinski definition) is 2. The smallest absolute Gasteiger partial charge is 0.224 e. The molecule has 0 aliphatic carbocycles. The Hall–Kier alpha value is -2.80. The second kappa shape index (κ2) is 6.58. The number of benzene rings is 2. The van der Waals surface area contributed by atoms with Crippen molar-refractivity contribution in [2.45, 2.75) is 19.8 Å². The van der Waals surface area contributed by atoms with Crippen LogP contribution in [0.25, 0.3) is 0 Å². The molecule has 0 unspecified atom stereocenters. The van der Waals surface area contributed by atoms with E-state index in [1.165, 1.54) is 0 Å². The van der Waals surface area contributed by atoms with Crippen LogP contribution in [0.5, 0.6) is 0 Å². The zero-order chi connectivity index (χ0) is 15.2. The third-order valence-corrected chi connectivity index (χ3v) is 3.28. The summed E-state index contributed by atoms with van der Waals surface area (Å²) in [6.07, 6.45) is 1.00. The van der Waals surface area contributed by atoms with Gasteiger partial charge in [-0.2, -0.15) is 5.26 Å². The Balaban J connectivity index is 1.98. The van der Waals surface area contributed by atoms with E-state index in [1.54, 1.807) is 6.07 Å². The molecule has 0 aliphatic heterocycles. The number of carbonyl (C=O) groups excluding carboxylic acids is 1. The highest BCUT2D eigenvalue weighted by molar-refractivity contribution is 5.92. The number of nitrogens with one attached hydrogen (secondary N) is 1. The molecule has 0 aromatic heterocycles. The number of amides is 1. The SMILES string of the molecule is Cc1cccc(NC(=O)CCc2ccc(N)cc2)c1C#N. The van der Waals surface area contributed by atoms with Crippen LogP contribution in [0.15, 0.2) is 42.5 Å². The highest BCUT2D eigenvalue weighted by atomic mass is 16.1. The Kier molecular flexibility index (Phi) is 4.57. The van der Waals surface area contributed by atoms with Gasteiger partial charge in [-0.05, 0) is 42.7 Å². The average molecular weight is 279 g/mol. The molecule has 0 bridgehead atoms. The number of nitriles is 1. The molecule has 21 heavy (non-hydrogen) atoms. The van der Waals surface area contributed by atoms with Crippen molar-refractivity contribution in [2.75, 3.05) is 11.1 Å². The molecule has 1 amide bonds. The summed E-state index contributed by atoms with van der Waals surface area (Å²) in [5.41, 5.74) is 9.33. The average Bonchev–Trinajstić information content (AvgIpc) is 2.47. The maximum absolute atomic E-state index is 12.0. The molecular weight excluding hydrogens is 262 g/mol. The summed E-state index contributed by atoms with van der Waals surface area (Å²) in [7, 11) is 0. The minimum Gasteiger partial charge on any atom is -0.399 e. The molecule has 0 atom stereocenters. The third kappa shape index (κ3) is 3.83. The summed E-state index contributed by atoms with van der Waals surface area (Å²) >= 11 is 0. The van der Waals surface area contributed by atoms with Crippen molar-refractivity contribution >= 4 is 17.3 Å². The molecule has 2 aromatic carbocycles. The molecule has 0 saturated carbocycles. The van der Waals surface area contributed by atoms with E-state index in [-0.39, 0.29) is 5.91 Å². The van der Waals surface area contributed by atoms with Gasteiger partial charge in [-0.3, -0.25) is 4.79 Å². The lowest BCUT2D eigenvalue weighted by Gasteiger charge is -2.08. The minimum atomic E-state index is -0.103. The summed E-state index contributed by atoms with van der Waals surface area (Å²) in [6.45, 7) is 1.85. The van der Waals surface area contributed by atoms with E-state index in [0.29, 0.717) is 29.8 Å². The summed E-state index contributed by atoms with van der Waals surface area (Å²) in [5, 5.41) is 11.9. The summed E-state index contributed by atoms with van der Waals surface area (Å²) in [4.78, 5) is 12.0. The zero-order valence-electron chi connectivity index (χ0n) is 11.9. The second-order valence-corrected chi connectivity index (χ2v) is 4.90. The predicted octanol–water partition coefficient (Wildman–Crippen LogP) is 3.02. The van der Waals surface area contributed by atoms with Crippen LogP contribution in [-0.4, -0.2) is 5.91 Å². The summed E-state index contributed by atoms with van der Waals surface area (Å²) in [6, 6.07) is 15.0. The summed E-state index contributed by atoms with van der Waals surface area (Å²) in [5.74, 6) is -0.103. The second-order valence-electron chi connectivity index (χ2n) is 4.90. The highest BCUT2D eigenvalue weighted by Gasteiger charge is 2.08. The number of nitrogens with two attached hydrogens (primary N) is 1. The van der Waals surface area contributed by atoms with Gasteiger partial charge in [0.1, 0.15) is 6.07 Å². The largest absolute Gasteiger partial charge is 0.399 e. The lowest BCUT2D eigenvalue weighted by molar-refractivity contribution is -0.116. The number of nitrogens with zero attached hydrogens (tertiary/aromatic N) is 1. The van der Waals surface area contributed by atoms with Crippen LogP contribution in [0.1, 0.15) is 23.1 Å². The van der Waals surface area contributed by atoms with Crippen molar-refractivity contribution in [3.05, 3.63) is 59.2 Å². The van der Waals surface area contributed by atoms with Gasteiger partial charge in [0, 0.05) is 12.1 Å². The standard InChI is InChI=1S/C17H17N3O/c1-12-3-2-4-16(15(12)11-18)20-17(21)10-7-13-5-8-14(19)9-6-13/h2-6,8-9H,7,10,19H2,1H3,(H,20,21). The first-order valence-electron chi connectivity index (χ1n) is 6.74. The van der Waals surface area contributed by atoms with Crippen LogP contribution in [0, 0.1) is 18.3 Å². The van der Waals surface area contributed by atoms with E-state index in [0.717, 1.165) is 11.1 Å². The van der Waals surface area contributed by atoms with E-state index in [2.05, 4.69) is 11.4 Å². The number of hydrogen-bond acceptors (Lipinski definition) is 3. The lowest BCUT2D eigenvalue weighted by Crippen LogP contribution is -2.13. The number of rotatable bonds is 4. The van der Waals surface area contributed by atoms with Crippen molar-refractivity contribution in [3.63, 3.8) is 0 Å². The van der Waals surface area contributed by atoms with Gasteiger partial charge >= 0.3 is 0 Å². The number of nitrogen functional groups attached to an aromatic ring is 1. The molecule has 0 spiro atoms. The fraction of sp³-hybridized carbons (Fsp3) is 0.176. The monoisotopic (exact) mass is 279 g/mol. The predicted molar refractivity (Wildman–Crippen MR) is 83.7 cm³/mol. The normalized spacial score (nSPS) is 9.90. The molecule has 0 radical (unpaired) electrons. The van der Waals surface area contributed by atoms with E-state index >= 15 is 0 Å². The van der Waals surface area contributed by atoms with E-state index in [9.17, 15) is 4.79 Å². The molecule has 0 heterocycles. The van der Waals surface area contributed by atoms with E-state index < -0.39 is 0 Å². The maximum atomic E-state index is 12.0. The quantitative estimate of drug-likeness (QED) is 0.844. The van der Waals surface area contributed by atoms with Crippen molar-refractivity contribution in [2.24, 2.45) is 0 Å². The van der Waals surface area contributed by atoms with Crippen LogP contribution in [0.2, 0.25) is 0 Å². The molecular formula is C17H17N3O. The van der Waals surface area contributed by atoms with Crippen LogP contribution in [0.4, 0.5) is 11.4 Å². The van der Waals surface area contributed by atoms with Gasteiger partial charge in [0.15, 0.2) is 0 Å². The van der Waals surface area contributed by atoms with Gasteiger partial charge in [0.25, 0.3) is 0 Å². The Morgan fingerprint density at radius 2 is 1.95 bits per heavy atom. The fourth-order valence-electron chi connectivity index (χ4n) is 2.08. The fourth-order valence-corrected chi connectivity index (χ4v) is 2.08. The minimum absolute atomic E-state index is 0.103. The highest BCUT2D eigenvalue weighted by Crippen LogP contribution is 2.18. The van der Waals surface area contributed by atoms with Gasteiger partial charge in [0.05, 0.1) is 11.3 Å². The van der Waals surface area contributed by atoms with Crippen LogP contribution < -0.4 is 11.1 Å². The van der Waals surface area contributed by atoms with Gasteiger partial charge in [-0.15, -0.1) is 0 Å². The number of aryl methyl sites for hydroxylation is 2. The molecule has 4 heteroatoms. The van der Waals surface area contributed by atoms with Crippen LogP contribution in [0.3, 0.4) is 0 Å². The van der Waals surface area contributed by atoms with Crippen molar-refractivity contribution in [3.8, 4) is 6.07 Å². The van der Waals surface area contributed by atoms with Gasteiger partial charge in [0.2, 0.25) is 5.91 Å². The number of carbonyl (C=O) groups is 1. The third-order valence-electron chi connectivity index (χ3n) is 3.28. The van der Waals surface area contributed by atoms with Gasteiger partial charge in [-0.1, -0.05) is 24.3 Å². The Morgan fingerprint density at radius 1 is 1.24 bits per heavy atom. The van der Waals surface area contributed by atoms with Crippen LogP contribution >= 0.6 is 0 Å². The van der Waals surface area contributed by atoms with Crippen molar-refractivity contribution in [1.82, 2.24) is 0 Å². The zero-order valence-corrected chi connectivity index (χ0v) is 11.9. The van der Waals surface area contributed by atoms with Crippen LogP contribution in [-0.2, 0) is 11.2 Å². The molecule has 106 valence electrons. The van der Waals surface area contributed by atoms with Gasteiger partial charge in [-0.25, -0.2) is 0 Å². The molecule has 3 N–H and O–H groups in total. The molecule has 0 aliphatic rings. The Labute approximate surface area is 124 Å². The molecule has 2 rings (SSSR count). The Morgan fingerprint density at radius 3 is 2.62 bits per heavy atom. The number of anilines is 2. The van der Waals surface area contributed by atoms with E-state index in [1.807, 2.05) is 43.3 Å². The molecule has 0 fully saturated rings. The first-order valence-corrected chi connectivity index (χ1v) is 6.74. The van der Waals surface area contributed by atoms with Crippen molar-refractivity contribution < 1.29 is 4.79 Å².